The van der Waals surface area contributed by atoms with E-state index < -0.39 is 0 Å². The molecule has 0 saturated heterocycles. The van der Waals surface area contributed by atoms with Crippen molar-refractivity contribution >= 4 is 69.4 Å². The molecule has 12 nitrogen and oxygen atoms in total. The van der Waals surface area contributed by atoms with Crippen molar-refractivity contribution in [2.24, 2.45) is 0 Å². The van der Waals surface area contributed by atoms with Gasteiger partial charge in [-0.15, -0.1) is 27.8 Å². The Morgan fingerprint density at radius 3 is 1.61 bits per heavy atom. The van der Waals surface area contributed by atoms with E-state index in [2.05, 4.69) is 40.2 Å². The van der Waals surface area contributed by atoms with Gasteiger partial charge >= 0.3 is 0 Å². The van der Waals surface area contributed by atoms with Crippen LogP contribution in [0, 0.1) is 0 Å². The fraction of sp³-hybridized carbons (Fsp3) is 0.429. The van der Waals surface area contributed by atoms with Crippen molar-refractivity contribution in [3.63, 3.8) is 0 Å². The Labute approximate surface area is 274 Å². The van der Waals surface area contributed by atoms with Crippen LogP contribution in [-0.4, -0.2) is 66.7 Å². The van der Waals surface area contributed by atoms with E-state index in [4.69, 9.17) is 0 Å². The highest BCUT2D eigenvalue weighted by Gasteiger charge is 2.09. The Hall–Kier alpha value is -3.60. The van der Waals surface area contributed by atoms with Gasteiger partial charge in [-0.1, -0.05) is 10.6 Å². The molecule has 44 heavy (non-hydrogen) atoms. The van der Waals surface area contributed by atoms with Crippen LogP contribution in [0.3, 0.4) is 0 Å². The summed E-state index contributed by atoms with van der Waals surface area (Å²) in [6, 6.07) is 4.43. The minimum Gasteiger partial charge on any atom is -0.350 e. The first-order valence-corrected chi connectivity index (χ1v) is 17.0. The van der Waals surface area contributed by atoms with Crippen molar-refractivity contribution in [1.82, 2.24) is 40.2 Å². The first kappa shape index (κ1) is 38.4. The summed E-state index contributed by atoms with van der Waals surface area (Å²) in [6.45, 7) is 15.4. The molecular formula is C28H40N8O4S4. The largest absolute Gasteiger partial charge is 0.350 e. The zero-order chi connectivity index (χ0) is 33.1. The summed E-state index contributed by atoms with van der Waals surface area (Å²) in [5.41, 5.74) is 2.29. The molecule has 4 N–H and O–H groups in total. The van der Waals surface area contributed by atoms with E-state index in [0.29, 0.717) is 15.3 Å². The molecule has 4 amide bonds. The number of nitrogens with one attached hydrogen (secondary N) is 4. The van der Waals surface area contributed by atoms with Crippen LogP contribution < -0.4 is 21.3 Å². The van der Waals surface area contributed by atoms with Gasteiger partial charge in [0.2, 0.25) is 0 Å². The molecule has 0 aliphatic heterocycles. The number of thiophene rings is 1. The monoisotopic (exact) mass is 680 g/mol. The summed E-state index contributed by atoms with van der Waals surface area (Å²) >= 11 is 5.19. The number of hydrogen-bond acceptors (Lipinski definition) is 12. The Morgan fingerprint density at radius 1 is 0.659 bits per heavy atom. The van der Waals surface area contributed by atoms with Gasteiger partial charge in [-0.05, 0) is 89.9 Å². The summed E-state index contributed by atoms with van der Waals surface area (Å²) in [7, 11) is 0. The average Bonchev–Trinajstić information content (AvgIpc) is 3.77. The van der Waals surface area contributed by atoms with E-state index in [1.165, 1.54) is 40.4 Å². The third kappa shape index (κ3) is 16.9. The first-order valence-electron chi connectivity index (χ1n) is 13.6. The summed E-state index contributed by atoms with van der Waals surface area (Å²) in [5.74, 6) is -0.166. The lowest BCUT2D eigenvalue weighted by molar-refractivity contribution is 0.0935. The lowest BCUT2D eigenvalue weighted by Gasteiger charge is -2.05. The molecule has 0 aromatic carbocycles. The summed E-state index contributed by atoms with van der Waals surface area (Å²) < 4.78 is 7.41. The molecule has 0 aliphatic rings. The Bertz CT molecular complexity index is 1130. The Kier molecular flexibility index (Phi) is 18.5. The molecule has 4 heterocycles. The topological polar surface area (TPSA) is 168 Å². The van der Waals surface area contributed by atoms with Gasteiger partial charge in [-0.3, -0.25) is 24.2 Å². The fourth-order valence-corrected chi connectivity index (χ4v) is 4.75. The van der Waals surface area contributed by atoms with E-state index in [1.807, 2.05) is 72.9 Å². The normalized spacial score (nSPS) is 10.1. The lowest BCUT2D eigenvalue weighted by atomic mass is 10.3. The van der Waals surface area contributed by atoms with Crippen molar-refractivity contribution in [2.75, 3.05) is 0 Å². The summed E-state index contributed by atoms with van der Waals surface area (Å²) in [6.07, 6.45) is 4.60. The predicted octanol–water partition coefficient (Wildman–Crippen LogP) is 5.13. The maximum absolute atomic E-state index is 11.2. The van der Waals surface area contributed by atoms with E-state index >= 15 is 0 Å². The molecule has 0 bridgehead atoms. The number of hydrogen-bond donors (Lipinski definition) is 4. The van der Waals surface area contributed by atoms with Gasteiger partial charge in [0.15, 0.2) is 0 Å². The van der Waals surface area contributed by atoms with Crippen LogP contribution in [0.15, 0.2) is 47.0 Å². The van der Waals surface area contributed by atoms with Crippen LogP contribution in [0.5, 0.6) is 0 Å². The average molecular weight is 681 g/mol. The van der Waals surface area contributed by atoms with E-state index in [1.54, 1.807) is 23.3 Å². The van der Waals surface area contributed by atoms with Crippen LogP contribution in [0.1, 0.15) is 94.8 Å². The second-order valence-corrected chi connectivity index (χ2v) is 13.3. The van der Waals surface area contributed by atoms with Gasteiger partial charge < -0.3 is 21.3 Å². The van der Waals surface area contributed by atoms with Gasteiger partial charge in [-0.2, -0.15) is 0 Å². The number of rotatable bonds is 8. The maximum Gasteiger partial charge on any atom is 0.264 e. The maximum atomic E-state index is 11.2. The highest BCUT2D eigenvalue weighted by atomic mass is 32.1. The Balaban J connectivity index is 0.000000293. The molecule has 4 aromatic rings. The van der Waals surface area contributed by atoms with Crippen LogP contribution in [0.2, 0.25) is 0 Å². The van der Waals surface area contributed by atoms with E-state index in [9.17, 15) is 19.2 Å². The van der Waals surface area contributed by atoms with Crippen molar-refractivity contribution in [1.29, 1.82) is 0 Å². The molecule has 0 saturated carbocycles. The third-order valence-electron chi connectivity index (χ3n) is 4.36. The second kappa shape index (κ2) is 21.2. The lowest BCUT2D eigenvalue weighted by Crippen LogP contribution is -2.29. The number of thiazole rings is 1. The number of aromatic nitrogens is 4. The van der Waals surface area contributed by atoms with Crippen LogP contribution >= 0.6 is 45.7 Å². The first-order chi connectivity index (χ1) is 20.8. The van der Waals surface area contributed by atoms with Gasteiger partial charge in [0, 0.05) is 29.5 Å². The zero-order valence-corrected chi connectivity index (χ0v) is 29.2. The highest BCUT2D eigenvalue weighted by molar-refractivity contribution is 7.12. The summed E-state index contributed by atoms with van der Waals surface area (Å²) in [5, 5.41) is 18.3. The number of amides is 4. The molecule has 0 spiro atoms. The third-order valence-corrected chi connectivity index (χ3v) is 7.25. The molecule has 240 valence electrons. The smallest absolute Gasteiger partial charge is 0.264 e. The van der Waals surface area contributed by atoms with Gasteiger partial charge in [0.1, 0.15) is 9.75 Å². The Morgan fingerprint density at radius 2 is 1.20 bits per heavy atom. The molecule has 0 atom stereocenters. The molecule has 4 rings (SSSR count). The molecule has 4 aromatic heterocycles. The minimum absolute atomic E-state index is 0.0231. The molecule has 16 heteroatoms. The van der Waals surface area contributed by atoms with Gasteiger partial charge in [0.05, 0.1) is 34.5 Å². The van der Waals surface area contributed by atoms with Crippen LogP contribution in [0.4, 0.5) is 0 Å². The molecule has 0 unspecified atom stereocenters. The standard InChI is InChI=1S/C8H11NOS.2C7H10N2OS.C6H9N3OS/c1-6(2)9-8(10)7-4-3-5-11-7;1-5(2)9-7(10)6-3-8-4-11-6;1-5(2)9-7(10)6-3-8-11-4-6;1-4(2)8-6(10)5-3-7-9-11-5/h3-6H,1-2H3,(H,9,10);2*3-5H,1-2H3,(H,9,10);3-4H,1-2H3,(H,8,10). The zero-order valence-electron chi connectivity index (χ0n) is 26.0. The van der Waals surface area contributed by atoms with Gasteiger partial charge in [-0.25, -0.2) is 4.37 Å². The second-order valence-electron chi connectivity index (χ2n) is 10.1. The van der Waals surface area contributed by atoms with Crippen LogP contribution in [0.25, 0.3) is 0 Å². The van der Waals surface area contributed by atoms with Crippen molar-refractivity contribution in [3.8, 4) is 0 Å². The van der Waals surface area contributed by atoms with Crippen LogP contribution in [-0.2, 0) is 0 Å². The van der Waals surface area contributed by atoms with Crippen molar-refractivity contribution < 1.29 is 19.2 Å². The predicted molar refractivity (Wildman–Crippen MR) is 179 cm³/mol. The van der Waals surface area contributed by atoms with Crippen molar-refractivity contribution in [2.45, 2.75) is 79.6 Å². The quantitative estimate of drug-likeness (QED) is 0.199. The molecule has 0 aliphatic carbocycles. The number of carbonyl (C=O) groups excluding carboxylic acids is 4. The fourth-order valence-electron chi connectivity index (χ4n) is 2.67. The number of nitrogens with zero attached hydrogens (tertiary/aromatic N) is 4. The van der Waals surface area contributed by atoms with Crippen molar-refractivity contribution in [3.05, 3.63) is 67.2 Å². The number of carbonyl (C=O) groups is 4. The molecule has 0 radical (unpaired) electrons. The van der Waals surface area contributed by atoms with E-state index in [0.717, 1.165) is 16.4 Å². The minimum atomic E-state index is -0.102. The SMILES string of the molecule is CC(C)NC(=O)c1cccs1.CC(C)NC(=O)c1cncs1.CC(C)NC(=O)c1cnns1.CC(C)NC(=O)c1cnsc1. The highest BCUT2D eigenvalue weighted by Crippen LogP contribution is 2.08. The van der Waals surface area contributed by atoms with Gasteiger partial charge in [0.25, 0.3) is 23.6 Å². The summed E-state index contributed by atoms with van der Waals surface area (Å²) in [4.78, 5) is 50.5. The van der Waals surface area contributed by atoms with E-state index in [-0.39, 0.29) is 47.8 Å². The molecule has 0 fully saturated rings. The molecular weight excluding hydrogens is 641 g/mol.